The van der Waals surface area contributed by atoms with Gasteiger partial charge in [0.15, 0.2) is 0 Å². The summed E-state index contributed by atoms with van der Waals surface area (Å²) in [6.07, 6.45) is 3.66. The highest BCUT2D eigenvalue weighted by Crippen LogP contribution is 2.66. The molecule has 4 unspecified atom stereocenters. The molecular weight excluding hydrogens is 435 g/mol. The summed E-state index contributed by atoms with van der Waals surface area (Å²) in [6.45, 7) is 12.3. The quantitative estimate of drug-likeness (QED) is 0.639. The van der Waals surface area contributed by atoms with E-state index in [0.29, 0.717) is 24.7 Å². The number of benzene rings is 1. The molecule has 178 valence electrons. The Kier molecular flexibility index (Phi) is 8.97. The molecule has 4 atom stereocenters. The summed E-state index contributed by atoms with van der Waals surface area (Å²) in [7, 11) is 1.70. The number of methoxy groups -OCH3 is 1. The van der Waals surface area contributed by atoms with E-state index >= 15 is 0 Å². The lowest BCUT2D eigenvalue weighted by atomic mass is 9.70. The molecule has 0 aromatic heterocycles. The highest BCUT2D eigenvalue weighted by atomic mass is 35.5. The van der Waals surface area contributed by atoms with Gasteiger partial charge in [0.05, 0.1) is 25.9 Å². The maximum Gasteiger partial charge on any atom is 0.119 e. The molecule has 1 aliphatic heterocycles. The molecule has 2 saturated carbocycles. The fourth-order valence-corrected chi connectivity index (χ4v) is 5.94. The molecule has 0 amide bonds. The summed E-state index contributed by atoms with van der Waals surface area (Å²) < 4.78 is 11.5. The molecule has 7 heteroatoms. The molecule has 1 aromatic rings. The van der Waals surface area contributed by atoms with Gasteiger partial charge in [0.1, 0.15) is 5.75 Å². The third-order valence-electron chi connectivity index (χ3n) is 8.48. The number of ether oxygens (including phenoxy) is 2. The van der Waals surface area contributed by atoms with Gasteiger partial charge in [-0.2, -0.15) is 0 Å². The summed E-state index contributed by atoms with van der Waals surface area (Å²) in [5, 5.41) is 10.6. The molecule has 3 aliphatic rings. The minimum absolute atomic E-state index is 0. The Balaban J connectivity index is 0.00000171. The first kappa shape index (κ1) is 26.5. The zero-order valence-corrected chi connectivity index (χ0v) is 21.0. The minimum atomic E-state index is -0.409. The van der Waals surface area contributed by atoms with E-state index in [4.69, 9.17) is 9.47 Å². The highest BCUT2D eigenvalue weighted by molar-refractivity contribution is 5.85. The molecule has 1 saturated heterocycles. The zero-order valence-electron chi connectivity index (χ0n) is 19.4. The van der Waals surface area contributed by atoms with Crippen LogP contribution in [0.3, 0.4) is 0 Å². The number of piperazine rings is 1. The first-order valence-electron chi connectivity index (χ1n) is 11.2. The van der Waals surface area contributed by atoms with Gasteiger partial charge in [-0.3, -0.25) is 4.90 Å². The lowest BCUT2D eigenvalue weighted by Gasteiger charge is -2.39. The molecule has 2 bridgehead atoms. The van der Waals surface area contributed by atoms with E-state index in [1.54, 1.807) is 7.11 Å². The smallest absolute Gasteiger partial charge is 0.119 e. The second-order valence-electron chi connectivity index (χ2n) is 10.1. The van der Waals surface area contributed by atoms with Crippen LogP contribution in [-0.4, -0.2) is 68.7 Å². The first-order chi connectivity index (χ1) is 13.8. The van der Waals surface area contributed by atoms with Crippen LogP contribution in [-0.2, 0) is 4.74 Å². The highest BCUT2D eigenvalue weighted by Gasteiger charge is 2.61. The summed E-state index contributed by atoms with van der Waals surface area (Å²) in [4.78, 5) is 4.76. The van der Waals surface area contributed by atoms with E-state index in [2.05, 4.69) is 42.7 Å². The van der Waals surface area contributed by atoms with Gasteiger partial charge in [0, 0.05) is 38.4 Å². The molecule has 3 fully saturated rings. The fraction of sp³-hybridized carbons (Fsp3) is 0.750. The van der Waals surface area contributed by atoms with Crippen molar-refractivity contribution in [3.8, 4) is 5.75 Å². The summed E-state index contributed by atoms with van der Waals surface area (Å²) in [5.74, 6) is 1.67. The van der Waals surface area contributed by atoms with E-state index in [9.17, 15) is 5.11 Å². The number of halogens is 2. The molecule has 1 N–H and O–H groups in total. The van der Waals surface area contributed by atoms with Gasteiger partial charge in [-0.1, -0.05) is 20.8 Å². The van der Waals surface area contributed by atoms with Gasteiger partial charge < -0.3 is 19.5 Å². The molecule has 0 radical (unpaired) electrons. The predicted octanol–water partition coefficient (Wildman–Crippen LogP) is 4.25. The van der Waals surface area contributed by atoms with Crippen molar-refractivity contribution in [3.63, 3.8) is 0 Å². The third kappa shape index (κ3) is 5.11. The topological polar surface area (TPSA) is 45.2 Å². The second-order valence-corrected chi connectivity index (χ2v) is 10.1. The van der Waals surface area contributed by atoms with Gasteiger partial charge in [-0.25, -0.2) is 0 Å². The first-order valence-corrected chi connectivity index (χ1v) is 11.2. The monoisotopic (exact) mass is 474 g/mol. The van der Waals surface area contributed by atoms with Crippen LogP contribution in [0.5, 0.6) is 5.75 Å². The van der Waals surface area contributed by atoms with Gasteiger partial charge in [0.25, 0.3) is 0 Å². The van der Waals surface area contributed by atoms with Crippen molar-refractivity contribution in [2.24, 2.45) is 16.7 Å². The third-order valence-corrected chi connectivity index (χ3v) is 8.48. The van der Waals surface area contributed by atoms with E-state index in [1.807, 2.05) is 12.1 Å². The number of β-amino-alcohol motifs (C(OH)–C–C–N with tert-alkyl or cyclic N) is 1. The molecule has 5 nitrogen and oxygen atoms in total. The van der Waals surface area contributed by atoms with Crippen molar-refractivity contribution in [2.45, 2.75) is 52.2 Å². The summed E-state index contributed by atoms with van der Waals surface area (Å²) >= 11 is 0. The van der Waals surface area contributed by atoms with Gasteiger partial charge in [-0.15, -0.1) is 24.8 Å². The van der Waals surface area contributed by atoms with E-state index < -0.39 is 6.10 Å². The fourth-order valence-electron chi connectivity index (χ4n) is 5.94. The lowest BCUT2D eigenvalue weighted by Crippen LogP contribution is -2.49. The molecule has 31 heavy (non-hydrogen) atoms. The molecule has 4 rings (SSSR count). The number of rotatable bonds is 7. The number of hydrogen-bond acceptors (Lipinski definition) is 5. The van der Waals surface area contributed by atoms with Crippen molar-refractivity contribution in [3.05, 3.63) is 24.3 Å². The molecule has 0 spiro atoms. The average Bonchev–Trinajstić information content (AvgIpc) is 3.06. The minimum Gasteiger partial charge on any atom is -0.497 e. The predicted molar refractivity (Wildman–Crippen MR) is 131 cm³/mol. The van der Waals surface area contributed by atoms with Gasteiger partial charge in [0.2, 0.25) is 0 Å². The maximum absolute atomic E-state index is 10.6. The van der Waals surface area contributed by atoms with Crippen LogP contribution < -0.4 is 9.64 Å². The Morgan fingerprint density at radius 1 is 1.06 bits per heavy atom. The average molecular weight is 476 g/mol. The zero-order chi connectivity index (χ0) is 20.6. The Bertz CT molecular complexity index is 695. The number of anilines is 1. The largest absolute Gasteiger partial charge is 0.497 e. The Morgan fingerprint density at radius 2 is 1.71 bits per heavy atom. The van der Waals surface area contributed by atoms with Gasteiger partial charge in [-0.05, 0) is 60.3 Å². The van der Waals surface area contributed by atoms with E-state index in [1.165, 1.54) is 18.5 Å². The molecule has 1 heterocycles. The van der Waals surface area contributed by atoms with Crippen LogP contribution in [0.25, 0.3) is 0 Å². The lowest BCUT2D eigenvalue weighted by molar-refractivity contribution is -0.0794. The summed E-state index contributed by atoms with van der Waals surface area (Å²) in [5.41, 5.74) is 1.86. The SMILES string of the molecule is COc1ccc(N2CCN(CC(O)COC3CC4CCC3(C)C4(C)C)CC2)cc1.Cl.Cl. The number of hydrogen-bond donors (Lipinski definition) is 1. The summed E-state index contributed by atoms with van der Waals surface area (Å²) in [6, 6.07) is 8.27. The Hall–Kier alpha value is -0.720. The standard InChI is InChI=1S/C24H38N2O3.2ClH/c1-23(2)18-9-10-24(23,3)22(15-18)29-17-20(27)16-25-11-13-26(14-12-25)19-5-7-21(28-4)8-6-19;;/h5-8,18,20,22,27H,9-17H2,1-4H3;2*1H. The van der Waals surface area contributed by atoms with Crippen LogP contribution in [0.1, 0.15) is 40.0 Å². The normalized spacial score (nSPS) is 30.4. The molecule has 2 aliphatic carbocycles. The maximum atomic E-state index is 10.6. The number of aliphatic hydroxyl groups excluding tert-OH is 1. The molecule has 1 aromatic carbocycles. The Labute approximate surface area is 200 Å². The van der Waals surface area contributed by atoms with E-state index in [-0.39, 0.29) is 30.2 Å². The van der Waals surface area contributed by atoms with Crippen molar-refractivity contribution in [1.82, 2.24) is 4.90 Å². The Morgan fingerprint density at radius 3 is 2.23 bits per heavy atom. The van der Waals surface area contributed by atoms with Crippen LogP contribution in [0.15, 0.2) is 24.3 Å². The number of aliphatic hydroxyl groups is 1. The second kappa shape index (κ2) is 10.5. The van der Waals surface area contributed by atoms with E-state index in [0.717, 1.165) is 44.3 Å². The van der Waals surface area contributed by atoms with Crippen molar-refractivity contribution < 1.29 is 14.6 Å². The number of nitrogens with zero attached hydrogens (tertiary/aromatic N) is 2. The van der Waals surface area contributed by atoms with Crippen LogP contribution in [0.2, 0.25) is 0 Å². The molecular formula is C24H40Cl2N2O3. The van der Waals surface area contributed by atoms with Crippen molar-refractivity contribution in [2.75, 3.05) is 51.3 Å². The van der Waals surface area contributed by atoms with Crippen LogP contribution in [0, 0.1) is 16.7 Å². The van der Waals surface area contributed by atoms with Crippen LogP contribution >= 0.6 is 24.8 Å². The van der Waals surface area contributed by atoms with Crippen molar-refractivity contribution >= 4 is 30.5 Å². The van der Waals surface area contributed by atoms with Crippen LogP contribution in [0.4, 0.5) is 5.69 Å². The number of fused-ring (bicyclic) bond motifs is 2. The van der Waals surface area contributed by atoms with Gasteiger partial charge >= 0.3 is 0 Å². The van der Waals surface area contributed by atoms with Crippen molar-refractivity contribution in [1.29, 1.82) is 0 Å².